The molecule has 2 unspecified atom stereocenters. The molecule has 2 fully saturated rings. The van der Waals surface area contributed by atoms with Gasteiger partial charge in [0.1, 0.15) is 0 Å². The fraction of sp³-hybridized carbons (Fsp3) is 0.923. The summed E-state index contributed by atoms with van der Waals surface area (Å²) in [6, 6.07) is 0.608. The van der Waals surface area contributed by atoms with Crippen molar-refractivity contribution in [3.63, 3.8) is 0 Å². The van der Waals surface area contributed by atoms with E-state index in [2.05, 4.69) is 17.6 Å². The van der Waals surface area contributed by atoms with Gasteiger partial charge in [0, 0.05) is 19.2 Å². The van der Waals surface area contributed by atoms with E-state index in [9.17, 15) is 4.79 Å². The highest BCUT2D eigenvalue weighted by molar-refractivity contribution is 5.79. The fourth-order valence-electron chi connectivity index (χ4n) is 2.85. The van der Waals surface area contributed by atoms with Crippen LogP contribution in [0, 0.1) is 5.92 Å². The van der Waals surface area contributed by atoms with Gasteiger partial charge in [0.25, 0.3) is 0 Å². The van der Waals surface area contributed by atoms with Crippen LogP contribution in [0.1, 0.15) is 39.0 Å². The Morgan fingerprint density at radius 2 is 2.35 bits per heavy atom. The first-order valence-corrected chi connectivity index (χ1v) is 6.94. The van der Waals surface area contributed by atoms with Crippen LogP contribution in [0.3, 0.4) is 0 Å². The first-order chi connectivity index (χ1) is 8.31. The Morgan fingerprint density at radius 3 is 3.06 bits per heavy atom. The number of carbonyl (C=O) groups excluding carboxylic acids is 1. The summed E-state index contributed by atoms with van der Waals surface area (Å²) < 4.78 is 5.54. The lowest BCUT2D eigenvalue weighted by Crippen LogP contribution is -2.37. The Balaban J connectivity index is 1.66. The molecule has 2 N–H and O–H groups in total. The van der Waals surface area contributed by atoms with Crippen LogP contribution in [0.15, 0.2) is 0 Å². The maximum Gasteiger partial charge on any atom is 0.225 e. The van der Waals surface area contributed by atoms with Crippen molar-refractivity contribution in [2.75, 3.05) is 19.7 Å². The van der Waals surface area contributed by atoms with Crippen molar-refractivity contribution < 1.29 is 9.53 Å². The summed E-state index contributed by atoms with van der Waals surface area (Å²) in [4.78, 5) is 12.0. The Hall–Kier alpha value is -0.610. The van der Waals surface area contributed by atoms with Crippen molar-refractivity contribution in [3.8, 4) is 0 Å². The molecule has 2 rings (SSSR count). The van der Waals surface area contributed by atoms with Crippen LogP contribution in [0.5, 0.6) is 0 Å². The van der Waals surface area contributed by atoms with Gasteiger partial charge in [0.15, 0.2) is 0 Å². The highest BCUT2D eigenvalue weighted by atomic mass is 16.5. The summed E-state index contributed by atoms with van der Waals surface area (Å²) in [5.41, 5.74) is 0. The summed E-state index contributed by atoms with van der Waals surface area (Å²) in [5.74, 6) is 0.267. The minimum Gasteiger partial charge on any atom is -0.377 e. The molecule has 2 aliphatic rings. The average molecular weight is 240 g/mol. The van der Waals surface area contributed by atoms with Crippen LogP contribution < -0.4 is 10.6 Å². The summed E-state index contributed by atoms with van der Waals surface area (Å²) in [6.45, 7) is 4.75. The van der Waals surface area contributed by atoms with Crippen LogP contribution in [-0.2, 0) is 9.53 Å². The van der Waals surface area contributed by atoms with Crippen LogP contribution in [0.25, 0.3) is 0 Å². The number of rotatable bonds is 5. The predicted molar refractivity (Wildman–Crippen MR) is 66.8 cm³/mol. The normalized spacial score (nSPS) is 32.9. The minimum atomic E-state index is 0.0801. The Labute approximate surface area is 103 Å². The molecule has 3 atom stereocenters. The van der Waals surface area contributed by atoms with Crippen molar-refractivity contribution >= 4 is 5.91 Å². The van der Waals surface area contributed by atoms with Crippen LogP contribution >= 0.6 is 0 Å². The van der Waals surface area contributed by atoms with Crippen molar-refractivity contribution in [3.05, 3.63) is 0 Å². The van der Waals surface area contributed by atoms with Gasteiger partial charge in [-0.1, -0.05) is 6.92 Å². The smallest absolute Gasteiger partial charge is 0.225 e. The quantitative estimate of drug-likeness (QED) is 0.755. The molecular formula is C13H24N2O2. The zero-order valence-electron chi connectivity index (χ0n) is 10.7. The molecule has 98 valence electrons. The molecule has 0 aromatic heterocycles. The zero-order chi connectivity index (χ0) is 12.1. The van der Waals surface area contributed by atoms with Gasteiger partial charge in [-0.2, -0.15) is 0 Å². The molecule has 2 heterocycles. The number of hydrogen-bond donors (Lipinski definition) is 2. The van der Waals surface area contributed by atoms with Crippen LogP contribution in [-0.4, -0.2) is 37.7 Å². The first-order valence-electron chi connectivity index (χ1n) is 6.94. The summed E-state index contributed by atoms with van der Waals surface area (Å²) in [6.07, 6.45) is 5.52. The van der Waals surface area contributed by atoms with E-state index in [1.165, 1.54) is 12.8 Å². The van der Waals surface area contributed by atoms with Crippen LogP contribution in [0.2, 0.25) is 0 Å². The monoisotopic (exact) mass is 240 g/mol. The molecule has 0 aromatic rings. The second-order valence-corrected chi connectivity index (χ2v) is 5.09. The molecule has 0 aromatic carbocycles. The highest BCUT2D eigenvalue weighted by Crippen LogP contribution is 2.23. The third kappa shape index (κ3) is 3.42. The van der Waals surface area contributed by atoms with Gasteiger partial charge in [-0.25, -0.2) is 0 Å². The van der Waals surface area contributed by atoms with E-state index < -0.39 is 0 Å². The molecule has 2 saturated heterocycles. The molecule has 4 nitrogen and oxygen atoms in total. The van der Waals surface area contributed by atoms with Gasteiger partial charge in [-0.05, 0) is 38.6 Å². The zero-order valence-corrected chi connectivity index (χ0v) is 10.7. The SMILES string of the molecule is CCC1OCCC1C(=O)NCC[C@H]1CCCN1. The molecule has 1 amide bonds. The number of amides is 1. The van der Waals surface area contributed by atoms with E-state index in [0.29, 0.717) is 6.04 Å². The Morgan fingerprint density at radius 1 is 1.47 bits per heavy atom. The molecule has 17 heavy (non-hydrogen) atoms. The standard InChI is InChI=1S/C13H24N2O2/c1-2-12-11(6-9-17-12)13(16)15-8-5-10-4-3-7-14-10/h10-12,14H,2-9H2,1H3,(H,15,16)/t10-,11?,12?/m1/s1. The van der Waals surface area contributed by atoms with E-state index in [0.717, 1.165) is 39.0 Å². The van der Waals surface area contributed by atoms with E-state index >= 15 is 0 Å². The van der Waals surface area contributed by atoms with Gasteiger partial charge in [0.2, 0.25) is 5.91 Å². The first kappa shape index (κ1) is 12.8. The van der Waals surface area contributed by atoms with Crippen molar-refractivity contribution in [2.24, 2.45) is 5.92 Å². The summed E-state index contributed by atoms with van der Waals surface area (Å²) in [7, 11) is 0. The lowest BCUT2D eigenvalue weighted by Gasteiger charge is -2.17. The van der Waals surface area contributed by atoms with Gasteiger partial charge >= 0.3 is 0 Å². The second-order valence-electron chi connectivity index (χ2n) is 5.09. The molecule has 4 heteroatoms. The number of ether oxygens (including phenoxy) is 1. The minimum absolute atomic E-state index is 0.0801. The van der Waals surface area contributed by atoms with Crippen molar-refractivity contribution in [1.29, 1.82) is 0 Å². The van der Waals surface area contributed by atoms with E-state index in [1.54, 1.807) is 0 Å². The molecule has 0 bridgehead atoms. The van der Waals surface area contributed by atoms with E-state index in [4.69, 9.17) is 4.74 Å². The number of hydrogen-bond acceptors (Lipinski definition) is 3. The Kier molecular flexibility index (Phi) is 4.80. The Bertz CT molecular complexity index is 252. The maximum absolute atomic E-state index is 12.0. The third-order valence-corrected chi connectivity index (χ3v) is 3.90. The average Bonchev–Trinajstić information content (AvgIpc) is 2.99. The fourth-order valence-corrected chi connectivity index (χ4v) is 2.85. The largest absolute Gasteiger partial charge is 0.377 e. The van der Waals surface area contributed by atoms with E-state index in [-0.39, 0.29) is 17.9 Å². The number of nitrogens with one attached hydrogen (secondary N) is 2. The lowest BCUT2D eigenvalue weighted by molar-refractivity contribution is -0.126. The third-order valence-electron chi connectivity index (χ3n) is 3.90. The van der Waals surface area contributed by atoms with Crippen LogP contribution in [0.4, 0.5) is 0 Å². The highest BCUT2D eigenvalue weighted by Gasteiger charge is 2.32. The molecule has 0 saturated carbocycles. The van der Waals surface area contributed by atoms with E-state index in [1.807, 2.05) is 0 Å². The maximum atomic E-state index is 12.0. The topological polar surface area (TPSA) is 50.4 Å². The molecule has 0 radical (unpaired) electrons. The van der Waals surface area contributed by atoms with Crippen molar-refractivity contribution in [1.82, 2.24) is 10.6 Å². The van der Waals surface area contributed by atoms with Gasteiger partial charge in [-0.15, -0.1) is 0 Å². The molecular weight excluding hydrogens is 216 g/mol. The van der Waals surface area contributed by atoms with Gasteiger partial charge in [0.05, 0.1) is 12.0 Å². The van der Waals surface area contributed by atoms with Gasteiger partial charge in [-0.3, -0.25) is 4.79 Å². The van der Waals surface area contributed by atoms with Crippen molar-refractivity contribution in [2.45, 2.75) is 51.2 Å². The molecule has 2 aliphatic heterocycles. The molecule has 0 aliphatic carbocycles. The molecule has 0 spiro atoms. The lowest BCUT2D eigenvalue weighted by atomic mass is 9.98. The predicted octanol–water partition coefficient (Wildman–Crippen LogP) is 1.06. The summed E-state index contributed by atoms with van der Waals surface area (Å²) in [5, 5.41) is 6.50. The summed E-state index contributed by atoms with van der Waals surface area (Å²) >= 11 is 0. The van der Waals surface area contributed by atoms with Gasteiger partial charge < -0.3 is 15.4 Å². The number of carbonyl (C=O) groups is 1. The second kappa shape index (κ2) is 6.36.